The van der Waals surface area contributed by atoms with Gasteiger partial charge in [0.15, 0.2) is 18.4 Å². The number of amides is 3. The van der Waals surface area contributed by atoms with Crippen molar-refractivity contribution in [1.82, 2.24) is 15.5 Å². The van der Waals surface area contributed by atoms with Gasteiger partial charge in [0.1, 0.15) is 24.4 Å². The van der Waals surface area contributed by atoms with Crippen molar-refractivity contribution in [3.63, 3.8) is 0 Å². The van der Waals surface area contributed by atoms with Crippen LogP contribution in [0.5, 0.6) is 0 Å². The van der Waals surface area contributed by atoms with Gasteiger partial charge in [0.05, 0.1) is 30.9 Å². The van der Waals surface area contributed by atoms with Gasteiger partial charge in [-0.2, -0.15) is 0 Å². The quantitative estimate of drug-likeness (QED) is 0.0233. The Morgan fingerprint density at radius 2 is 1.11 bits per heavy atom. The van der Waals surface area contributed by atoms with Gasteiger partial charge in [0, 0.05) is 65.2 Å². The number of nitrogens with one attached hydrogen (secondary N) is 2. The number of carbonyl (C=O) groups is 4. The molecule has 0 aromatic carbocycles. The van der Waals surface area contributed by atoms with Gasteiger partial charge in [-0.25, -0.2) is 0 Å². The molecule has 8 unspecified atom stereocenters. The van der Waals surface area contributed by atoms with Crippen LogP contribution in [0.2, 0.25) is 0 Å². The summed E-state index contributed by atoms with van der Waals surface area (Å²) in [7, 11) is 0. The molecular weight excluding hydrogens is 806 g/mol. The van der Waals surface area contributed by atoms with Crippen molar-refractivity contribution in [3.05, 3.63) is 0 Å². The fraction of sp³-hybridized carbons (Fsp3) is 0.902. The van der Waals surface area contributed by atoms with Gasteiger partial charge in [-0.15, -0.1) is 0 Å². The summed E-state index contributed by atoms with van der Waals surface area (Å²) in [4.78, 5) is 52.9. The molecule has 20 heteroatoms. The summed E-state index contributed by atoms with van der Waals surface area (Å²) in [6.07, 6.45) is -6.87. The molecule has 3 amide bonds. The lowest BCUT2D eigenvalue weighted by molar-refractivity contribution is -0.203. The molecule has 0 radical (unpaired) electrons. The standard InChI is InChI=1S/C41H77N3O17/c1-27-24-28(26-47)44(25-27)35(53)16-5-3-2-4-13-30(48)29(43-34(52)15-8-11-23-61-41(59)39(57)37(55)32(50)18-21-46)12-6-9-19-42-33(51)14-7-10-22-60-40(58)38(56)36(54)31(49)17-20-45/h27-29,31-32,36-41,45-47,49-50,54-59H,2-26H2,1H3,(H,42,51)(H,43,52)/t27-,28+,29-,31?,32?,36?,37?,38?,39?,40?,41?/m1/s1. The average Bonchev–Trinajstić information content (AvgIpc) is 3.63. The molecule has 0 spiro atoms. The molecule has 1 fully saturated rings. The van der Waals surface area contributed by atoms with Crippen LogP contribution in [-0.2, 0) is 28.7 Å². The maximum Gasteiger partial charge on any atom is 0.222 e. The molecule has 1 aliphatic heterocycles. The molecule has 0 aromatic rings. The predicted octanol–water partition coefficient (Wildman–Crippen LogP) is -2.16. The lowest BCUT2D eigenvalue weighted by atomic mass is 9.99. The van der Waals surface area contributed by atoms with Gasteiger partial charge in [-0.3, -0.25) is 19.2 Å². The Hall–Kier alpha value is -2.44. The zero-order chi connectivity index (χ0) is 45.7. The van der Waals surface area contributed by atoms with Crippen molar-refractivity contribution in [3.8, 4) is 0 Å². The van der Waals surface area contributed by atoms with Crippen LogP contribution in [0.25, 0.3) is 0 Å². The summed E-state index contributed by atoms with van der Waals surface area (Å²) in [6.45, 7) is 2.05. The molecule has 1 heterocycles. The monoisotopic (exact) mass is 884 g/mol. The second kappa shape index (κ2) is 33.1. The van der Waals surface area contributed by atoms with Crippen molar-refractivity contribution >= 4 is 23.5 Å². The van der Waals surface area contributed by atoms with Crippen molar-refractivity contribution in [2.24, 2.45) is 5.92 Å². The Morgan fingerprint density at radius 3 is 1.64 bits per heavy atom. The number of hydrogen-bond donors (Lipinski definition) is 13. The summed E-state index contributed by atoms with van der Waals surface area (Å²) >= 11 is 0. The Bertz CT molecular complexity index is 1200. The zero-order valence-corrected chi connectivity index (χ0v) is 35.8. The molecule has 358 valence electrons. The second-order valence-corrected chi connectivity index (χ2v) is 16.1. The summed E-state index contributed by atoms with van der Waals surface area (Å²) in [5, 5.41) is 112. The first kappa shape index (κ1) is 56.6. The Labute approximate surface area is 359 Å². The van der Waals surface area contributed by atoms with E-state index in [1.54, 1.807) is 4.90 Å². The van der Waals surface area contributed by atoms with E-state index in [1.807, 2.05) is 0 Å². The van der Waals surface area contributed by atoms with Crippen LogP contribution in [0.3, 0.4) is 0 Å². The van der Waals surface area contributed by atoms with Crippen LogP contribution in [0.15, 0.2) is 0 Å². The van der Waals surface area contributed by atoms with Crippen LogP contribution in [0.4, 0.5) is 0 Å². The number of rotatable bonds is 37. The average molecular weight is 884 g/mol. The van der Waals surface area contributed by atoms with Crippen molar-refractivity contribution < 1.29 is 84.8 Å². The number of aliphatic hydroxyl groups is 11. The summed E-state index contributed by atoms with van der Waals surface area (Å²) in [5.74, 6) is -0.349. The molecule has 1 rings (SSSR count). The highest BCUT2D eigenvalue weighted by molar-refractivity contribution is 5.89. The largest absolute Gasteiger partial charge is 0.396 e. The topological polar surface area (TPSA) is 337 Å². The maximum atomic E-state index is 13.3. The molecule has 0 aromatic heterocycles. The minimum atomic E-state index is -1.82. The zero-order valence-electron chi connectivity index (χ0n) is 35.8. The fourth-order valence-electron chi connectivity index (χ4n) is 7.03. The number of carbonyl (C=O) groups excluding carboxylic acids is 4. The van der Waals surface area contributed by atoms with Crippen LogP contribution in [0.1, 0.15) is 122 Å². The molecule has 0 saturated carbocycles. The smallest absolute Gasteiger partial charge is 0.222 e. The first-order valence-corrected chi connectivity index (χ1v) is 22.0. The van der Waals surface area contributed by atoms with Crippen LogP contribution < -0.4 is 10.6 Å². The third kappa shape index (κ3) is 23.7. The van der Waals surface area contributed by atoms with Gasteiger partial charge in [0.2, 0.25) is 17.7 Å². The Morgan fingerprint density at radius 1 is 0.607 bits per heavy atom. The summed E-state index contributed by atoms with van der Waals surface area (Å²) in [5.41, 5.74) is 0. The number of aliphatic hydroxyl groups excluding tert-OH is 11. The van der Waals surface area contributed by atoms with Gasteiger partial charge < -0.3 is 81.2 Å². The number of nitrogens with zero attached hydrogens (tertiary/aromatic N) is 1. The predicted molar refractivity (Wildman–Crippen MR) is 219 cm³/mol. The highest BCUT2D eigenvalue weighted by Gasteiger charge is 2.33. The first-order chi connectivity index (χ1) is 29.1. The minimum Gasteiger partial charge on any atom is -0.396 e. The van der Waals surface area contributed by atoms with Gasteiger partial charge in [-0.1, -0.05) is 19.8 Å². The lowest BCUT2D eigenvalue weighted by Crippen LogP contribution is -2.45. The second-order valence-electron chi connectivity index (χ2n) is 16.1. The lowest BCUT2D eigenvalue weighted by Gasteiger charge is -2.26. The van der Waals surface area contributed by atoms with E-state index < -0.39 is 68.5 Å². The molecule has 0 bridgehead atoms. The number of likely N-dealkylation sites (tertiary alicyclic amines) is 1. The number of Topliss-reactive ketones (excluding diaryl/α,β-unsaturated/α-hetero) is 1. The molecule has 0 aliphatic carbocycles. The number of ketones is 1. The molecule has 11 atom stereocenters. The van der Waals surface area contributed by atoms with E-state index in [1.165, 1.54) is 0 Å². The third-order valence-corrected chi connectivity index (χ3v) is 10.8. The van der Waals surface area contributed by atoms with E-state index in [0.29, 0.717) is 83.2 Å². The third-order valence-electron chi connectivity index (χ3n) is 10.8. The van der Waals surface area contributed by atoms with Crippen molar-refractivity contribution in [2.45, 2.75) is 184 Å². The minimum absolute atomic E-state index is 0.0242. The van der Waals surface area contributed by atoms with E-state index >= 15 is 0 Å². The normalized spacial score (nSPS) is 20.0. The first-order valence-electron chi connectivity index (χ1n) is 22.0. The van der Waals surface area contributed by atoms with Gasteiger partial charge >= 0.3 is 0 Å². The number of unbranched alkanes of at least 4 members (excludes halogenated alkanes) is 6. The van der Waals surface area contributed by atoms with E-state index in [0.717, 1.165) is 19.3 Å². The Balaban J connectivity index is 2.51. The summed E-state index contributed by atoms with van der Waals surface area (Å²) < 4.78 is 10.2. The molecule has 1 saturated heterocycles. The molecule has 13 N–H and O–H groups in total. The molecule has 20 nitrogen and oxygen atoms in total. The maximum absolute atomic E-state index is 13.3. The molecular formula is C41H77N3O17. The van der Waals surface area contributed by atoms with Gasteiger partial charge in [-0.05, 0) is 83.0 Å². The molecule has 1 aliphatic rings. The van der Waals surface area contributed by atoms with Crippen LogP contribution >= 0.6 is 0 Å². The van der Waals surface area contributed by atoms with Crippen LogP contribution in [-0.4, -0.2) is 192 Å². The molecule has 61 heavy (non-hydrogen) atoms. The SMILES string of the molecule is C[C@@H]1C[C@@H](CO)N(C(=O)CCCCCCC(=O)[C@@H](CCCCNC(=O)CCCCOC(O)C(O)C(O)C(O)CCO)NC(=O)CCCCOC(O)C(O)C(O)C(O)CCO)C1. The number of ether oxygens (including phenoxy) is 2. The van der Waals surface area contributed by atoms with E-state index in [9.17, 15) is 65.1 Å². The van der Waals surface area contributed by atoms with Gasteiger partial charge in [0.25, 0.3) is 0 Å². The fourth-order valence-corrected chi connectivity index (χ4v) is 7.03. The summed E-state index contributed by atoms with van der Waals surface area (Å²) in [6, 6.07) is -0.891. The highest BCUT2D eigenvalue weighted by Crippen LogP contribution is 2.24. The van der Waals surface area contributed by atoms with Crippen molar-refractivity contribution in [1.29, 1.82) is 0 Å². The van der Waals surface area contributed by atoms with E-state index in [2.05, 4.69) is 17.6 Å². The van der Waals surface area contributed by atoms with Crippen LogP contribution in [0, 0.1) is 5.92 Å². The van der Waals surface area contributed by atoms with Crippen molar-refractivity contribution in [2.75, 3.05) is 46.1 Å². The van der Waals surface area contributed by atoms with E-state index in [4.69, 9.17) is 19.7 Å². The highest BCUT2D eigenvalue weighted by atomic mass is 16.6. The number of hydrogen-bond acceptors (Lipinski definition) is 17. The Kier molecular flexibility index (Phi) is 30.7. The van der Waals surface area contributed by atoms with E-state index in [-0.39, 0.29) is 81.5 Å².